The number of aryl methyl sites for hydroxylation is 1. The van der Waals surface area contributed by atoms with Gasteiger partial charge in [-0.2, -0.15) is 0 Å². The number of hydrogen-bond donors (Lipinski definition) is 1. The highest BCUT2D eigenvalue weighted by molar-refractivity contribution is 5.85. The van der Waals surface area contributed by atoms with Gasteiger partial charge in [0.05, 0.1) is 6.42 Å². The number of rotatable bonds is 3. The van der Waals surface area contributed by atoms with E-state index in [-0.39, 0.29) is 18.1 Å². The summed E-state index contributed by atoms with van der Waals surface area (Å²) in [6, 6.07) is 3.80. The summed E-state index contributed by atoms with van der Waals surface area (Å²) in [4.78, 5) is 24.5. The average molecular weight is 265 g/mol. The molecular formula is C14H16FNO3. The first-order valence-electron chi connectivity index (χ1n) is 6.26. The van der Waals surface area contributed by atoms with Gasteiger partial charge in [-0.05, 0) is 37.0 Å². The number of benzene rings is 1. The molecule has 4 nitrogen and oxygen atoms in total. The van der Waals surface area contributed by atoms with Crippen molar-refractivity contribution < 1.29 is 19.1 Å². The molecule has 1 unspecified atom stereocenters. The summed E-state index contributed by atoms with van der Waals surface area (Å²) in [5.41, 5.74) is 1.20. The van der Waals surface area contributed by atoms with Crippen LogP contribution in [0.1, 0.15) is 24.0 Å². The van der Waals surface area contributed by atoms with E-state index in [0.29, 0.717) is 30.5 Å². The molecule has 1 atom stereocenters. The highest BCUT2D eigenvalue weighted by Crippen LogP contribution is 2.19. The van der Waals surface area contributed by atoms with E-state index in [2.05, 4.69) is 0 Å². The van der Waals surface area contributed by atoms with Crippen LogP contribution in [0.5, 0.6) is 0 Å². The molecule has 2 rings (SSSR count). The lowest BCUT2D eigenvalue weighted by Gasteiger charge is -2.21. The minimum Gasteiger partial charge on any atom is -0.480 e. The maximum atomic E-state index is 13.1. The van der Waals surface area contributed by atoms with E-state index in [4.69, 9.17) is 5.11 Å². The first-order chi connectivity index (χ1) is 8.99. The van der Waals surface area contributed by atoms with Crippen molar-refractivity contribution in [3.05, 3.63) is 35.1 Å². The van der Waals surface area contributed by atoms with Gasteiger partial charge < -0.3 is 10.0 Å². The molecule has 0 spiro atoms. The van der Waals surface area contributed by atoms with E-state index in [1.807, 2.05) is 0 Å². The number of nitrogens with zero attached hydrogens (tertiary/aromatic N) is 1. The van der Waals surface area contributed by atoms with Crippen LogP contribution in [0.15, 0.2) is 18.2 Å². The summed E-state index contributed by atoms with van der Waals surface area (Å²) < 4.78 is 13.1. The van der Waals surface area contributed by atoms with Crippen molar-refractivity contribution in [1.29, 1.82) is 0 Å². The minimum atomic E-state index is -0.957. The molecule has 5 heteroatoms. The Kier molecular flexibility index (Phi) is 3.83. The summed E-state index contributed by atoms with van der Waals surface area (Å²) in [5.74, 6) is -1.47. The molecule has 1 heterocycles. The van der Waals surface area contributed by atoms with Crippen LogP contribution >= 0.6 is 0 Å². The monoisotopic (exact) mass is 265 g/mol. The molecule has 1 aliphatic heterocycles. The zero-order valence-electron chi connectivity index (χ0n) is 10.7. The number of carbonyl (C=O) groups excluding carboxylic acids is 1. The van der Waals surface area contributed by atoms with Gasteiger partial charge in [0.2, 0.25) is 5.91 Å². The van der Waals surface area contributed by atoms with E-state index in [1.54, 1.807) is 19.1 Å². The van der Waals surface area contributed by atoms with Gasteiger partial charge in [0.15, 0.2) is 0 Å². The number of amides is 1. The quantitative estimate of drug-likeness (QED) is 0.905. The Bertz CT molecular complexity index is 515. The molecule has 19 heavy (non-hydrogen) atoms. The third-order valence-corrected chi connectivity index (χ3v) is 3.44. The normalized spacial score (nSPS) is 18.6. The van der Waals surface area contributed by atoms with Crippen LogP contribution in [-0.4, -0.2) is 34.5 Å². The van der Waals surface area contributed by atoms with Crippen molar-refractivity contribution in [3.63, 3.8) is 0 Å². The molecule has 0 aromatic heterocycles. The topological polar surface area (TPSA) is 57.6 Å². The van der Waals surface area contributed by atoms with Gasteiger partial charge in [0, 0.05) is 6.54 Å². The van der Waals surface area contributed by atoms with Gasteiger partial charge in [-0.15, -0.1) is 0 Å². The first kappa shape index (κ1) is 13.5. The van der Waals surface area contributed by atoms with E-state index in [9.17, 15) is 14.0 Å². The Morgan fingerprint density at radius 1 is 1.47 bits per heavy atom. The number of hydrogen-bond acceptors (Lipinski definition) is 2. The fourth-order valence-corrected chi connectivity index (χ4v) is 2.41. The van der Waals surface area contributed by atoms with E-state index in [1.165, 1.54) is 11.0 Å². The lowest BCUT2D eigenvalue weighted by atomic mass is 10.1. The Balaban J connectivity index is 2.08. The van der Waals surface area contributed by atoms with Gasteiger partial charge >= 0.3 is 5.97 Å². The number of halogens is 1. The molecule has 1 aromatic carbocycles. The van der Waals surface area contributed by atoms with Crippen molar-refractivity contribution in [2.45, 2.75) is 32.2 Å². The number of aliphatic carboxylic acids is 1. The van der Waals surface area contributed by atoms with Gasteiger partial charge in [-0.1, -0.05) is 12.1 Å². The number of likely N-dealkylation sites (tertiary alicyclic amines) is 1. The molecular weight excluding hydrogens is 249 g/mol. The summed E-state index contributed by atoms with van der Waals surface area (Å²) in [7, 11) is 0. The Labute approximate surface area is 110 Å². The van der Waals surface area contributed by atoms with Crippen molar-refractivity contribution in [1.82, 2.24) is 4.90 Å². The smallest absolute Gasteiger partial charge is 0.326 e. The lowest BCUT2D eigenvalue weighted by molar-refractivity contribution is -0.148. The standard InChI is InChI=1S/C14H16FNO3/c1-9-7-10(4-5-11(9)15)8-13(17)16-6-2-3-12(16)14(18)19/h4-5,7,12H,2-3,6,8H2,1H3,(H,18,19). The molecule has 0 saturated carbocycles. The van der Waals surface area contributed by atoms with Crippen molar-refractivity contribution >= 4 is 11.9 Å². The second-order valence-corrected chi connectivity index (χ2v) is 4.84. The van der Waals surface area contributed by atoms with E-state index < -0.39 is 12.0 Å². The number of carboxylic acid groups (broad SMARTS) is 1. The summed E-state index contributed by atoms with van der Waals surface area (Å²) in [6.07, 6.45) is 1.33. The number of carboxylic acids is 1. The molecule has 1 amide bonds. The molecule has 1 aromatic rings. The predicted molar refractivity (Wildman–Crippen MR) is 67.2 cm³/mol. The first-order valence-corrected chi connectivity index (χ1v) is 6.26. The van der Waals surface area contributed by atoms with Crippen LogP contribution in [0.3, 0.4) is 0 Å². The summed E-state index contributed by atoms with van der Waals surface area (Å²) >= 11 is 0. The summed E-state index contributed by atoms with van der Waals surface area (Å²) in [5, 5.41) is 9.04. The van der Waals surface area contributed by atoms with E-state index in [0.717, 1.165) is 0 Å². The van der Waals surface area contributed by atoms with Crippen LogP contribution in [0.4, 0.5) is 4.39 Å². The second-order valence-electron chi connectivity index (χ2n) is 4.84. The van der Waals surface area contributed by atoms with Crippen molar-refractivity contribution in [3.8, 4) is 0 Å². The molecule has 1 saturated heterocycles. The second kappa shape index (κ2) is 5.38. The van der Waals surface area contributed by atoms with Crippen LogP contribution in [-0.2, 0) is 16.0 Å². The molecule has 1 aliphatic rings. The maximum Gasteiger partial charge on any atom is 0.326 e. The molecule has 1 fully saturated rings. The van der Waals surface area contributed by atoms with Crippen LogP contribution in [0.25, 0.3) is 0 Å². The van der Waals surface area contributed by atoms with Gasteiger partial charge in [-0.3, -0.25) is 4.79 Å². The van der Waals surface area contributed by atoms with Gasteiger partial charge in [0.25, 0.3) is 0 Å². The Morgan fingerprint density at radius 3 is 2.84 bits per heavy atom. The Morgan fingerprint density at radius 2 is 2.21 bits per heavy atom. The van der Waals surface area contributed by atoms with Gasteiger partial charge in [-0.25, -0.2) is 9.18 Å². The van der Waals surface area contributed by atoms with E-state index >= 15 is 0 Å². The van der Waals surface area contributed by atoms with Crippen molar-refractivity contribution in [2.75, 3.05) is 6.54 Å². The minimum absolute atomic E-state index is 0.116. The molecule has 0 radical (unpaired) electrons. The zero-order valence-corrected chi connectivity index (χ0v) is 10.7. The molecule has 1 N–H and O–H groups in total. The molecule has 0 bridgehead atoms. The SMILES string of the molecule is Cc1cc(CC(=O)N2CCCC2C(=O)O)ccc1F. The van der Waals surface area contributed by atoms with Crippen LogP contribution in [0, 0.1) is 12.7 Å². The fraction of sp³-hybridized carbons (Fsp3) is 0.429. The van der Waals surface area contributed by atoms with Crippen LogP contribution in [0.2, 0.25) is 0 Å². The zero-order chi connectivity index (χ0) is 14.0. The molecule has 102 valence electrons. The van der Waals surface area contributed by atoms with Crippen LogP contribution < -0.4 is 0 Å². The lowest BCUT2D eigenvalue weighted by Crippen LogP contribution is -2.41. The highest BCUT2D eigenvalue weighted by atomic mass is 19.1. The predicted octanol–water partition coefficient (Wildman–Crippen LogP) is 1.75. The highest BCUT2D eigenvalue weighted by Gasteiger charge is 2.33. The fourth-order valence-electron chi connectivity index (χ4n) is 2.41. The van der Waals surface area contributed by atoms with Gasteiger partial charge in [0.1, 0.15) is 11.9 Å². The average Bonchev–Trinajstić information content (AvgIpc) is 2.83. The Hall–Kier alpha value is -1.91. The molecule has 0 aliphatic carbocycles. The number of carbonyl (C=O) groups is 2. The van der Waals surface area contributed by atoms with Crippen molar-refractivity contribution in [2.24, 2.45) is 0 Å². The largest absolute Gasteiger partial charge is 0.480 e. The third kappa shape index (κ3) is 2.92. The maximum absolute atomic E-state index is 13.1. The third-order valence-electron chi connectivity index (χ3n) is 3.44. The summed E-state index contributed by atoms with van der Waals surface area (Å²) in [6.45, 7) is 2.12.